The first kappa shape index (κ1) is 27.4. The van der Waals surface area contributed by atoms with Gasteiger partial charge in [-0.05, 0) is 62.1 Å². The Bertz CT molecular complexity index is 1430. The number of alkyl halides is 3. The lowest BCUT2D eigenvalue weighted by Gasteiger charge is -2.22. The lowest BCUT2D eigenvalue weighted by atomic mass is 10.00. The zero-order valence-corrected chi connectivity index (χ0v) is 22.5. The van der Waals surface area contributed by atoms with E-state index in [0.717, 1.165) is 62.0 Å². The molecule has 1 amide bonds. The molecule has 0 saturated carbocycles. The van der Waals surface area contributed by atoms with Crippen LogP contribution in [-0.2, 0) is 11.0 Å². The van der Waals surface area contributed by atoms with Crippen molar-refractivity contribution in [2.75, 3.05) is 18.4 Å². The Kier molecular flexibility index (Phi) is 8.52. The third kappa shape index (κ3) is 7.01. The highest BCUT2D eigenvalue weighted by atomic mass is 32.1. The largest absolute Gasteiger partial charge is 0.433 e. The third-order valence-corrected chi connectivity index (χ3v) is 7.45. The fraction of sp³-hybridized carbons (Fsp3) is 0.269. The van der Waals surface area contributed by atoms with Crippen LogP contribution in [-0.4, -0.2) is 44.3 Å². The van der Waals surface area contributed by atoms with Gasteiger partial charge in [-0.2, -0.15) is 13.2 Å². The Morgan fingerprint density at radius 1 is 1.11 bits per heavy atom. The number of amides is 1. The number of hydrogen-bond acceptors (Lipinski definition) is 8. The van der Waals surface area contributed by atoms with Gasteiger partial charge in [-0.3, -0.25) is 9.78 Å². The van der Waals surface area contributed by atoms with Crippen LogP contribution in [0.25, 0.3) is 16.1 Å². The Balaban J connectivity index is 0.000000178. The van der Waals surface area contributed by atoms with Crippen LogP contribution in [0.15, 0.2) is 48.1 Å². The molecule has 1 aliphatic heterocycles. The number of nitrogens with one attached hydrogen (secondary N) is 1. The van der Waals surface area contributed by atoms with E-state index in [2.05, 4.69) is 30.6 Å². The number of carbonyl (C=O) groups excluding carboxylic acids is 1. The van der Waals surface area contributed by atoms with Gasteiger partial charge in [0.05, 0.1) is 21.3 Å². The minimum absolute atomic E-state index is 0.433. The molecule has 1 aliphatic rings. The molecule has 0 spiro atoms. The Morgan fingerprint density at radius 2 is 1.92 bits per heavy atom. The summed E-state index contributed by atoms with van der Waals surface area (Å²) in [5.74, 6) is 0.814. The standard InChI is InChI=1S/C14H14N4S2.C12H11F3N2O/c1-8-4-5-12(15-6-8)18-14-17-11(7-19-14)13-9(2)16-10(3)20-13;13-12(14,15)11-7-10(1-4-16-11)9-2-5-17(8-18)6-3-9/h4-7H,1-3H3,(H,15,17,18);1-2,4,7-8H,3,5-6H2. The summed E-state index contributed by atoms with van der Waals surface area (Å²) in [5.41, 5.74) is 3.61. The van der Waals surface area contributed by atoms with Crippen molar-refractivity contribution in [1.29, 1.82) is 0 Å². The van der Waals surface area contributed by atoms with Gasteiger partial charge < -0.3 is 10.2 Å². The molecule has 4 aromatic rings. The SMILES string of the molecule is Cc1ccc(Nc2nc(-c3sc(C)nc3C)cs2)nc1.O=CN1CC=C(c2ccnc(C(F)(F)F)c2)CC1. The molecule has 0 atom stereocenters. The van der Waals surface area contributed by atoms with Crippen molar-refractivity contribution in [3.8, 4) is 10.6 Å². The van der Waals surface area contributed by atoms with E-state index >= 15 is 0 Å². The number of thiazole rings is 2. The quantitative estimate of drug-likeness (QED) is 0.275. The van der Waals surface area contributed by atoms with E-state index < -0.39 is 11.9 Å². The van der Waals surface area contributed by atoms with Crippen molar-refractivity contribution in [2.24, 2.45) is 0 Å². The normalized spacial score (nSPS) is 13.4. The maximum atomic E-state index is 12.5. The monoisotopic (exact) mass is 558 g/mol. The van der Waals surface area contributed by atoms with Gasteiger partial charge in [-0.25, -0.2) is 15.0 Å². The molecule has 0 fully saturated rings. The van der Waals surface area contributed by atoms with Crippen molar-refractivity contribution < 1.29 is 18.0 Å². The van der Waals surface area contributed by atoms with Crippen molar-refractivity contribution >= 4 is 45.6 Å². The Morgan fingerprint density at radius 3 is 2.53 bits per heavy atom. The first-order valence-electron chi connectivity index (χ1n) is 11.6. The molecule has 0 aromatic carbocycles. The van der Waals surface area contributed by atoms with Gasteiger partial charge >= 0.3 is 6.18 Å². The summed E-state index contributed by atoms with van der Waals surface area (Å²) in [6.07, 6.45) is 1.63. The molecule has 0 saturated heterocycles. The summed E-state index contributed by atoms with van der Waals surface area (Å²) in [6, 6.07) is 6.58. The predicted molar refractivity (Wildman–Crippen MR) is 144 cm³/mol. The molecule has 198 valence electrons. The van der Waals surface area contributed by atoms with Crippen LogP contribution in [0.3, 0.4) is 0 Å². The molecule has 5 heterocycles. The van der Waals surface area contributed by atoms with Crippen molar-refractivity contribution in [3.05, 3.63) is 75.6 Å². The van der Waals surface area contributed by atoms with Gasteiger partial charge in [0.15, 0.2) is 5.13 Å². The summed E-state index contributed by atoms with van der Waals surface area (Å²) in [5, 5.41) is 7.20. The fourth-order valence-electron chi connectivity index (χ4n) is 3.68. The molecule has 12 heteroatoms. The van der Waals surface area contributed by atoms with Gasteiger partial charge in [-0.1, -0.05) is 12.1 Å². The van der Waals surface area contributed by atoms with Crippen molar-refractivity contribution in [2.45, 2.75) is 33.4 Å². The van der Waals surface area contributed by atoms with Gasteiger partial charge in [0.2, 0.25) is 6.41 Å². The summed E-state index contributed by atoms with van der Waals surface area (Å²) in [6.45, 7) is 7.02. The molecule has 7 nitrogen and oxygen atoms in total. The molecule has 0 aliphatic carbocycles. The number of halogens is 3. The summed E-state index contributed by atoms with van der Waals surface area (Å²) in [4.78, 5) is 29.9. The topological polar surface area (TPSA) is 83.9 Å². The maximum Gasteiger partial charge on any atom is 0.433 e. The lowest BCUT2D eigenvalue weighted by Crippen LogP contribution is -2.26. The minimum Gasteiger partial charge on any atom is -0.341 e. The van der Waals surface area contributed by atoms with Crippen LogP contribution in [0.4, 0.5) is 24.1 Å². The average Bonchev–Trinajstić information content (AvgIpc) is 3.50. The maximum absolute atomic E-state index is 12.5. The first-order valence-corrected chi connectivity index (χ1v) is 13.3. The summed E-state index contributed by atoms with van der Waals surface area (Å²) >= 11 is 3.26. The number of nitrogens with zero attached hydrogens (tertiary/aromatic N) is 5. The number of aromatic nitrogens is 4. The smallest absolute Gasteiger partial charge is 0.341 e. The van der Waals surface area contributed by atoms with Crippen LogP contribution >= 0.6 is 22.7 Å². The number of anilines is 2. The van der Waals surface area contributed by atoms with E-state index in [0.29, 0.717) is 25.1 Å². The Hall–Kier alpha value is -3.64. The molecule has 5 rings (SSSR count). The molecule has 0 radical (unpaired) electrons. The molecule has 38 heavy (non-hydrogen) atoms. The molecular weight excluding hydrogens is 533 g/mol. The minimum atomic E-state index is -4.43. The van der Waals surface area contributed by atoms with Crippen molar-refractivity contribution in [1.82, 2.24) is 24.8 Å². The average molecular weight is 559 g/mol. The Labute approximate surface area is 226 Å². The molecule has 1 N–H and O–H groups in total. The van der Waals surface area contributed by atoms with Gasteiger partial charge in [0.25, 0.3) is 0 Å². The fourth-order valence-corrected chi connectivity index (χ4v) is 5.35. The predicted octanol–water partition coefficient (Wildman–Crippen LogP) is 6.68. The van der Waals surface area contributed by atoms with Gasteiger partial charge in [0, 0.05) is 30.9 Å². The summed E-state index contributed by atoms with van der Waals surface area (Å²) < 4.78 is 37.5. The molecule has 0 unspecified atom stereocenters. The van der Waals surface area contributed by atoms with E-state index in [-0.39, 0.29) is 0 Å². The zero-order chi connectivity index (χ0) is 27.3. The highest BCUT2D eigenvalue weighted by Crippen LogP contribution is 2.33. The molecule has 4 aromatic heterocycles. The highest BCUT2D eigenvalue weighted by Gasteiger charge is 2.32. The van der Waals surface area contributed by atoms with Crippen molar-refractivity contribution in [3.63, 3.8) is 0 Å². The second kappa shape index (κ2) is 11.8. The second-order valence-corrected chi connectivity index (χ2v) is 10.6. The number of aryl methyl sites for hydroxylation is 3. The molecular formula is C26H25F3N6OS2. The molecule has 0 bridgehead atoms. The lowest BCUT2D eigenvalue weighted by molar-refractivity contribution is -0.141. The van der Waals surface area contributed by atoms with E-state index in [1.54, 1.807) is 39.7 Å². The number of pyridine rings is 2. The highest BCUT2D eigenvalue weighted by molar-refractivity contribution is 7.16. The van der Waals surface area contributed by atoms with E-state index in [4.69, 9.17) is 0 Å². The second-order valence-electron chi connectivity index (χ2n) is 8.54. The van der Waals surface area contributed by atoms with E-state index in [1.807, 2.05) is 39.1 Å². The van der Waals surface area contributed by atoms with Crippen LogP contribution in [0.1, 0.15) is 33.9 Å². The van der Waals surface area contributed by atoms with Crippen LogP contribution in [0, 0.1) is 20.8 Å². The van der Waals surface area contributed by atoms with Crippen LogP contribution < -0.4 is 5.32 Å². The first-order chi connectivity index (χ1) is 18.1. The summed E-state index contributed by atoms with van der Waals surface area (Å²) in [7, 11) is 0. The van der Waals surface area contributed by atoms with E-state index in [9.17, 15) is 18.0 Å². The van der Waals surface area contributed by atoms with E-state index in [1.165, 1.54) is 0 Å². The van der Waals surface area contributed by atoms with Gasteiger partial charge in [0.1, 0.15) is 11.5 Å². The van der Waals surface area contributed by atoms with Gasteiger partial charge in [-0.15, -0.1) is 22.7 Å². The third-order valence-electron chi connectivity index (χ3n) is 5.60. The number of rotatable bonds is 5. The van der Waals surface area contributed by atoms with Crippen LogP contribution in [0.2, 0.25) is 0 Å². The number of hydrogen-bond donors (Lipinski definition) is 1. The zero-order valence-electron chi connectivity index (χ0n) is 20.9. The number of carbonyl (C=O) groups is 1. The van der Waals surface area contributed by atoms with Crippen LogP contribution in [0.5, 0.6) is 0 Å².